The van der Waals surface area contributed by atoms with E-state index < -0.39 is 5.79 Å². The Balaban J connectivity index is 1.47. The second-order valence-corrected chi connectivity index (χ2v) is 6.20. The number of hydrogen-bond acceptors (Lipinski definition) is 5. The Labute approximate surface area is 124 Å². The lowest BCUT2D eigenvalue weighted by Gasteiger charge is -2.25. The summed E-state index contributed by atoms with van der Waals surface area (Å²) < 4.78 is 29.2. The highest BCUT2D eigenvalue weighted by molar-refractivity contribution is 5.13. The van der Waals surface area contributed by atoms with Crippen molar-refractivity contribution in [2.45, 2.75) is 56.9 Å². The highest BCUT2D eigenvalue weighted by atomic mass is 16.8. The summed E-state index contributed by atoms with van der Waals surface area (Å²) in [6, 6.07) is 10.1. The summed E-state index contributed by atoms with van der Waals surface area (Å²) in [4.78, 5) is 0. The molecule has 0 N–H and O–H groups in total. The minimum Gasteiger partial charge on any atom is -0.370 e. The molecule has 0 bridgehead atoms. The van der Waals surface area contributed by atoms with Gasteiger partial charge in [-0.25, -0.2) is 0 Å². The van der Waals surface area contributed by atoms with Crippen molar-refractivity contribution in [2.24, 2.45) is 0 Å². The molecule has 0 aromatic heterocycles. The molecule has 1 aromatic carbocycles. The Morgan fingerprint density at radius 1 is 1.14 bits per heavy atom. The summed E-state index contributed by atoms with van der Waals surface area (Å²) in [6.45, 7) is 5.04. The molecule has 3 saturated heterocycles. The number of fused-ring (bicyclic) bond motifs is 1. The molecule has 114 valence electrons. The Morgan fingerprint density at radius 2 is 1.90 bits per heavy atom. The first-order valence-electron chi connectivity index (χ1n) is 7.41. The molecule has 21 heavy (non-hydrogen) atoms. The minimum atomic E-state index is -0.626. The largest absolute Gasteiger partial charge is 0.370 e. The summed E-state index contributed by atoms with van der Waals surface area (Å²) in [6.07, 6.45) is -0.733. The van der Waals surface area contributed by atoms with Gasteiger partial charge in [-0.05, 0) is 19.4 Å². The van der Waals surface area contributed by atoms with E-state index in [-0.39, 0.29) is 30.7 Å². The van der Waals surface area contributed by atoms with Gasteiger partial charge < -0.3 is 23.7 Å². The van der Waals surface area contributed by atoms with E-state index in [1.165, 1.54) is 0 Å². The second kappa shape index (κ2) is 5.04. The van der Waals surface area contributed by atoms with Gasteiger partial charge >= 0.3 is 0 Å². The molecule has 4 rings (SSSR count). The van der Waals surface area contributed by atoms with Crippen LogP contribution in [0.5, 0.6) is 0 Å². The smallest absolute Gasteiger partial charge is 0.190 e. The van der Waals surface area contributed by atoms with Gasteiger partial charge in [0.1, 0.15) is 24.4 Å². The van der Waals surface area contributed by atoms with Crippen molar-refractivity contribution in [2.75, 3.05) is 6.61 Å². The molecule has 0 saturated carbocycles. The van der Waals surface area contributed by atoms with E-state index in [0.717, 1.165) is 12.2 Å². The number of ether oxygens (including phenoxy) is 5. The van der Waals surface area contributed by atoms with Gasteiger partial charge in [0.15, 0.2) is 12.1 Å². The van der Waals surface area contributed by atoms with Crippen LogP contribution in [0.3, 0.4) is 0 Å². The molecule has 3 aliphatic rings. The summed E-state index contributed by atoms with van der Waals surface area (Å²) >= 11 is 0. The molecule has 0 radical (unpaired) electrons. The number of hydrogen-bond donors (Lipinski definition) is 0. The Morgan fingerprint density at radius 3 is 2.62 bits per heavy atom. The highest BCUT2D eigenvalue weighted by Gasteiger charge is 2.59. The monoisotopic (exact) mass is 292 g/mol. The average Bonchev–Trinajstić information content (AvgIpc) is 3.18. The van der Waals surface area contributed by atoms with E-state index in [9.17, 15) is 0 Å². The topological polar surface area (TPSA) is 49.5 Å². The predicted octanol–water partition coefficient (Wildman–Crippen LogP) is 1.85. The van der Waals surface area contributed by atoms with Crippen LogP contribution in [0.2, 0.25) is 0 Å². The molecule has 0 spiro atoms. The molecule has 5 nitrogen and oxygen atoms in total. The van der Waals surface area contributed by atoms with Crippen molar-refractivity contribution in [3.05, 3.63) is 35.9 Å². The Kier molecular flexibility index (Phi) is 3.28. The number of benzene rings is 1. The van der Waals surface area contributed by atoms with Gasteiger partial charge in [0.25, 0.3) is 0 Å². The maximum Gasteiger partial charge on any atom is 0.190 e. The highest BCUT2D eigenvalue weighted by Crippen LogP contribution is 2.42. The van der Waals surface area contributed by atoms with Crippen molar-refractivity contribution in [3.63, 3.8) is 0 Å². The van der Waals surface area contributed by atoms with Crippen LogP contribution in [0.4, 0.5) is 0 Å². The number of rotatable bonds is 4. The van der Waals surface area contributed by atoms with E-state index in [2.05, 4.69) is 0 Å². The third-order valence-corrected chi connectivity index (χ3v) is 4.04. The molecule has 3 fully saturated rings. The van der Waals surface area contributed by atoms with Crippen LogP contribution in [0.15, 0.2) is 30.3 Å². The van der Waals surface area contributed by atoms with E-state index in [4.69, 9.17) is 23.7 Å². The van der Waals surface area contributed by atoms with Gasteiger partial charge in [0, 0.05) is 0 Å². The molecule has 0 amide bonds. The fraction of sp³-hybridized carbons (Fsp3) is 0.625. The molecular formula is C16H20O5. The first-order valence-corrected chi connectivity index (χ1v) is 7.41. The van der Waals surface area contributed by atoms with Crippen molar-refractivity contribution in [3.8, 4) is 0 Å². The lowest BCUT2D eigenvalue weighted by atomic mass is 10.1. The van der Waals surface area contributed by atoms with Gasteiger partial charge in [-0.1, -0.05) is 30.3 Å². The zero-order valence-electron chi connectivity index (χ0n) is 12.2. The zero-order valence-corrected chi connectivity index (χ0v) is 12.2. The summed E-state index contributed by atoms with van der Waals surface area (Å²) in [7, 11) is 0. The van der Waals surface area contributed by atoms with Gasteiger partial charge in [-0.2, -0.15) is 0 Å². The van der Waals surface area contributed by atoms with Gasteiger partial charge in [0.2, 0.25) is 0 Å². The SMILES string of the molecule is CC1(C)OC2O[C@H](C3CO3)[C@H](OCc3ccccc3)C2O1. The van der Waals surface area contributed by atoms with Crippen LogP contribution >= 0.6 is 0 Å². The van der Waals surface area contributed by atoms with E-state index in [0.29, 0.717) is 6.61 Å². The van der Waals surface area contributed by atoms with Crippen molar-refractivity contribution in [1.29, 1.82) is 0 Å². The van der Waals surface area contributed by atoms with Crippen molar-refractivity contribution < 1.29 is 23.7 Å². The molecule has 3 aliphatic heterocycles. The van der Waals surface area contributed by atoms with Crippen LogP contribution in [-0.4, -0.2) is 43.1 Å². The summed E-state index contributed by atoms with van der Waals surface area (Å²) in [5.74, 6) is -0.626. The van der Waals surface area contributed by atoms with Crippen molar-refractivity contribution in [1.82, 2.24) is 0 Å². The van der Waals surface area contributed by atoms with Crippen LogP contribution < -0.4 is 0 Å². The van der Waals surface area contributed by atoms with E-state index in [1.807, 2.05) is 44.2 Å². The van der Waals surface area contributed by atoms with Gasteiger partial charge in [-0.3, -0.25) is 0 Å². The normalized spacial score (nSPS) is 40.2. The molecule has 0 aliphatic carbocycles. The average molecular weight is 292 g/mol. The predicted molar refractivity (Wildman–Crippen MR) is 73.5 cm³/mol. The van der Waals surface area contributed by atoms with E-state index >= 15 is 0 Å². The standard InChI is InChI=1S/C16H20O5/c1-16(2)20-14-13(18-8-10-6-4-3-5-7-10)12(11-9-17-11)19-15(14)21-16/h3-7,11-15H,8-9H2,1-2H3/t11?,12-,13+,14?,15?/m1/s1. The third kappa shape index (κ3) is 2.72. The second-order valence-electron chi connectivity index (χ2n) is 6.20. The van der Waals surface area contributed by atoms with Crippen LogP contribution in [-0.2, 0) is 30.3 Å². The lowest BCUT2D eigenvalue weighted by Crippen LogP contribution is -2.39. The molecule has 1 aromatic rings. The number of epoxide rings is 1. The van der Waals surface area contributed by atoms with Crippen molar-refractivity contribution >= 4 is 0 Å². The van der Waals surface area contributed by atoms with Gasteiger partial charge in [-0.15, -0.1) is 0 Å². The Hall–Kier alpha value is -0.980. The maximum atomic E-state index is 6.10. The third-order valence-electron chi connectivity index (χ3n) is 4.04. The maximum absolute atomic E-state index is 6.10. The van der Waals surface area contributed by atoms with Crippen LogP contribution in [0.25, 0.3) is 0 Å². The van der Waals surface area contributed by atoms with Crippen LogP contribution in [0, 0.1) is 0 Å². The first-order chi connectivity index (χ1) is 10.1. The first kappa shape index (κ1) is 13.7. The van der Waals surface area contributed by atoms with Crippen LogP contribution in [0.1, 0.15) is 19.4 Å². The molecule has 5 heteroatoms. The van der Waals surface area contributed by atoms with Gasteiger partial charge in [0.05, 0.1) is 13.2 Å². The fourth-order valence-corrected chi connectivity index (χ4v) is 3.01. The van der Waals surface area contributed by atoms with E-state index in [1.54, 1.807) is 0 Å². The summed E-state index contributed by atoms with van der Waals surface area (Å²) in [5.41, 5.74) is 1.13. The molecular weight excluding hydrogens is 272 g/mol. The summed E-state index contributed by atoms with van der Waals surface area (Å²) in [5, 5.41) is 0. The Bertz CT molecular complexity index is 499. The molecule has 3 heterocycles. The molecule has 5 atom stereocenters. The molecule has 3 unspecified atom stereocenters. The zero-order chi connectivity index (χ0) is 14.4. The minimum absolute atomic E-state index is 0.103. The lowest BCUT2D eigenvalue weighted by molar-refractivity contribution is -0.221. The quantitative estimate of drug-likeness (QED) is 0.793. The fourth-order valence-electron chi connectivity index (χ4n) is 3.01.